The minimum atomic E-state index is -0.662. The molecule has 0 radical (unpaired) electrons. The molecule has 2 aromatic rings. The van der Waals surface area contributed by atoms with Crippen LogP contribution >= 0.6 is 11.8 Å². The molecule has 3 rings (SSSR count). The Kier molecular flexibility index (Phi) is 5.93. The van der Waals surface area contributed by atoms with Gasteiger partial charge in [-0.15, -0.1) is 0 Å². The van der Waals surface area contributed by atoms with Crippen molar-refractivity contribution in [2.75, 3.05) is 7.11 Å². The van der Waals surface area contributed by atoms with Gasteiger partial charge in [0, 0.05) is 6.07 Å². The summed E-state index contributed by atoms with van der Waals surface area (Å²) in [6, 6.07) is 9.04. The zero-order chi connectivity index (χ0) is 21.0. The van der Waals surface area contributed by atoms with Crippen LogP contribution < -0.4 is 0 Å². The second-order valence-electron chi connectivity index (χ2n) is 5.72. The Hall–Kier alpha value is -3.66. The second kappa shape index (κ2) is 8.57. The molecule has 0 saturated carbocycles. The highest BCUT2D eigenvalue weighted by Crippen LogP contribution is 2.32. The van der Waals surface area contributed by atoms with Gasteiger partial charge < -0.3 is 9.15 Å². The fraction of sp³-hybridized carbons (Fsp3) is 0.105. The molecular formula is C19H14N2O7S. The fourth-order valence-electron chi connectivity index (χ4n) is 2.51. The van der Waals surface area contributed by atoms with Crippen molar-refractivity contribution in [3.63, 3.8) is 0 Å². The molecule has 0 N–H and O–H groups in total. The summed E-state index contributed by atoms with van der Waals surface area (Å²) in [5.41, 5.74) is 0.309. The van der Waals surface area contributed by atoms with E-state index in [0.29, 0.717) is 5.56 Å². The number of furan rings is 1. The molecule has 0 bridgehead atoms. The van der Waals surface area contributed by atoms with E-state index in [1.54, 1.807) is 18.2 Å². The van der Waals surface area contributed by atoms with Crippen LogP contribution in [0.2, 0.25) is 0 Å². The summed E-state index contributed by atoms with van der Waals surface area (Å²) >= 11 is 0.744. The number of nitro groups is 1. The smallest absolute Gasteiger partial charge is 0.373 e. The Labute approximate surface area is 168 Å². The van der Waals surface area contributed by atoms with Gasteiger partial charge in [0.2, 0.25) is 5.76 Å². The van der Waals surface area contributed by atoms with Gasteiger partial charge in [-0.2, -0.15) is 0 Å². The van der Waals surface area contributed by atoms with Crippen molar-refractivity contribution in [3.05, 3.63) is 80.7 Å². The summed E-state index contributed by atoms with van der Waals surface area (Å²) in [5, 5.41) is 10.5. The molecule has 1 saturated heterocycles. The zero-order valence-electron chi connectivity index (χ0n) is 15.1. The number of nitrogens with zero attached hydrogens (tertiary/aromatic N) is 2. The van der Waals surface area contributed by atoms with E-state index in [1.807, 2.05) is 0 Å². The third kappa shape index (κ3) is 4.43. The predicted molar refractivity (Wildman–Crippen MR) is 104 cm³/mol. The Morgan fingerprint density at radius 3 is 2.76 bits per heavy atom. The molecule has 2 heterocycles. The molecule has 1 aliphatic heterocycles. The van der Waals surface area contributed by atoms with Crippen LogP contribution in [0.25, 0.3) is 6.08 Å². The molecule has 2 amide bonds. The van der Waals surface area contributed by atoms with Crippen LogP contribution in [0.15, 0.2) is 57.9 Å². The van der Waals surface area contributed by atoms with Gasteiger partial charge in [-0.3, -0.25) is 24.6 Å². The molecule has 1 aromatic carbocycles. The highest BCUT2D eigenvalue weighted by atomic mass is 32.2. The number of thioether (sulfide) groups is 1. The zero-order valence-corrected chi connectivity index (χ0v) is 15.9. The van der Waals surface area contributed by atoms with E-state index in [0.717, 1.165) is 16.7 Å². The summed E-state index contributed by atoms with van der Waals surface area (Å²) in [6.45, 7) is -0.132. The lowest BCUT2D eigenvalue weighted by Crippen LogP contribution is -2.27. The third-order valence-electron chi connectivity index (χ3n) is 3.89. The molecule has 1 aliphatic rings. The number of benzene rings is 1. The van der Waals surface area contributed by atoms with Crippen LogP contribution in [0.1, 0.15) is 21.9 Å². The number of hydrogen-bond acceptors (Lipinski definition) is 8. The number of para-hydroxylation sites is 1. The van der Waals surface area contributed by atoms with Crippen LogP contribution in [-0.4, -0.2) is 34.0 Å². The molecule has 10 heteroatoms. The number of rotatable bonds is 6. The average Bonchev–Trinajstić information content (AvgIpc) is 3.28. The first-order chi connectivity index (χ1) is 13.9. The van der Waals surface area contributed by atoms with Gasteiger partial charge >= 0.3 is 5.97 Å². The number of hydrogen-bond donors (Lipinski definition) is 0. The largest absolute Gasteiger partial charge is 0.463 e. The van der Waals surface area contributed by atoms with E-state index in [2.05, 4.69) is 4.74 Å². The maximum atomic E-state index is 12.5. The van der Waals surface area contributed by atoms with Gasteiger partial charge in [-0.25, -0.2) is 4.79 Å². The van der Waals surface area contributed by atoms with E-state index in [1.165, 1.54) is 43.5 Å². The van der Waals surface area contributed by atoms with Crippen molar-refractivity contribution in [3.8, 4) is 0 Å². The summed E-state index contributed by atoms with van der Waals surface area (Å²) in [6.07, 6.45) is 4.38. The maximum absolute atomic E-state index is 12.5. The Morgan fingerprint density at radius 2 is 2.03 bits per heavy atom. The third-order valence-corrected chi connectivity index (χ3v) is 4.82. The number of allylic oxidation sites excluding steroid dienone is 2. The normalized spacial score (nSPS) is 15.5. The highest BCUT2D eigenvalue weighted by molar-refractivity contribution is 8.18. The van der Waals surface area contributed by atoms with Crippen molar-refractivity contribution in [1.29, 1.82) is 0 Å². The summed E-state index contributed by atoms with van der Waals surface area (Å²) in [4.78, 5) is 47.7. The SMILES string of the molecule is COC(=O)c1ccc(CN2C(=O)SC(=CC=Cc3ccccc3[N+](=O)[O-])C2=O)o1. The standard InChI is InChI=1S/C19H14N2O7S/c1-27-18(23)15-10-9-13(28-15)11-20-17(22)16(29-19(20)24)8-4-6-12-5-2-3-7-14(12)21(25)26/h2-10H,11H2,1H3. The Balaban J connectivity index is 1.72. The van der Waals surface area contributed by atoms with E-state index < -0.39 is 22.0 Å². The van der Waals surface area contributed by atoms with Gasteiger partial charge in [0.15, 0.2) is 0 Å². The van der Waals surface area contributed by atoms with Gasteiger partial charge in [-0.1, -0.05) is 18.2 Å². The lowest BCUT2D eigenvalue weighted by atomic mass is 10.1. The molecule has 0 spiro atoms. The van der Waals surface area contributed by atoms with Crippen LogP contribution in [0, 0.1) is 10.1 Å². The molecule has 1 fully saturated rings. The Morgan fingerprint density at radius 1 is 1.28 bits per heavy atom. The molecule has 0 unspecified atom stereocenters. The summed E-state index contributed by atoms with van der Waals surface area (Å²) in [5.74, 6) is -0.963. The fourth-order valence-corrected chi connectivity index (χ4v) is 3.30. The number of carbonyl (C=O) groups is 3. The lowest BCUT2D eigenvalue weighted by molar-refractivity contribution is -0.385. The number of esters is 1. The van der Waals surface area contributed by atoms with Gasteiger partial charge in [-0.05, 0) is 42.1 Å². The van der Waals surface area contributed by atoms with Crippen LogP contribution in [0.4, 0.5) is 10.5 Å². The minimum absolute atomic E-state index is 0.0302. The Bertz CT molecular complexity index is 1050. The quantitative estimate of drug-likeness (QED) is 0.303. The molecule has 0 aliphatic carbocycles. The summed E-state index contributed by atoms with van der Waals surface area (Å²) in [7, 11) is 1.21. The van der Waals surface area contributed by atoms with Gasteiger partial charge in [0.05, 0.1) is 29.0 Å². The van der Waals surface area contributed by atoms with Crippen LogP contribution in [-0.2, 0) is 16.1 Å². The first-order valence-electron chi connectivity index (χ1n) is 8.23. The highest BCUT2D eigenvalue weighted by Gasteiger charge is 2.35. The van der Waals surface area contributed by atoms with E-state index in [-0.39, 0.29) is 28.7 Å². The predicted octanol–water partition coefficient (Wildman–Crippen LogP) is 3.77. The molecule has 9 nitrogen and oxygen atoms in total. The van der Waals surface area contributed by atoms with Crippen molar-refractivity contribution in [2.45, 2.75) is 6.54 Å². The monoisotopic (exact) mass is 414 g/mol. The molecule has 0 atom stereocenters. The van der Waals surface area contributed by atoms with Crippen LogP contribution in [0.3, 0.4) is 0 Å². The minimum Gasteiger partial charge on any atom is -0.463 e. The van der Waals surface area contributed by atoms with Crippen molar-refractivity contribution in [2.24, 2.45) is 0 Å². The molecule has 1 aromatic heterocycles. The van der Waals surface area contributed by atoms with Crippen LogP contribution in [0.5, 0.6) is 0 Å². The van der Waals surface area contributed by atoms with Crippen molar-refractivity contribution >= 4 is 40.6 Å². The first-order valence-corrected chi connectivity index (χ1v) is 9.05. The number of carbonyl (C=O) groups excluding carboxylic acids is 3. The molecular weight excluding hydrogens is 400 g/mol. The first kappa shape index (κ1) is 20.1. The van der Waals surface area contributed by atoms with E-state index in [4.69, 9.17) is 4.42 Å². The molecule has 29 heavy (non-hydrogen) atoms. The van der Waals surface area contributed by atoms with Crippen molar-refractivity contribution in [1.82, 2.24) is 4.90 Å². The van der Waals surface area contributed by atoms with Crippen molar-refractivity contribution < 1.29 is 28.5 Å². The second-order valence-corrected chi connectivity index (χ2v) is 6.72. The summed E-state index contributed by atoms with van der Waals surface area (Å²) < 4.78 is 9.82. The topological polar surface area (TPSA) is 120 Å². The van der Waals surface area contributed by atoms with E-state index in [9.17, 15) is 24.5 Å². The average molecular weight is 414 g/mol. The van der Waals surface area contributed by atoms with Gasteiger partial charge in [0.1, 0.15) is 5.76 Å². The van der Waals surface area contributed by atoms with Gasteiger partial charge in [0.25, 0.3) is 16.8 Å². The number of nitro benzene ring substituents is 1. The number of ether oxygens (including phenoxy) is 1. The number of amides is 2. The maximum Gasteiger partial charge on any atom is 0.373 e. The number of imide groups is 1. The lowest BCUT2D eigenvalue weighted by Gasteiger charge is -2.09. The number of methoxy groups -OCH3 is 1. The van der Waals surface area contributed by atoms with E-state index >= 15 is 0 Å². The molecule has 148 valence electrons.